The van der Waals surface area contributed by atoms with Crippen molar-refractivity contribution < 1.29 is 14.6 Å². The normalized spacial score (nSPS) is 15.3. The maximum atomic E-state index is 12.2. The number of aliphatic hydroxyl groups is 1. The maximum absolute atomic E-state index is 12.2. The van der Waals surface area contributed by atoms with Gasteiger partial charge in [0.1, 0.15) is 6.61 Å². The van der Waals surface area contributed by atoms with Crippen LogP contribution in [0.5, 0.6) is 0 Å². The van der Waals surface area contributed by atoms with Gasteiger partial charge < -0.3 is 15.2 Å². The van der Waals surface area contributed by atoms with Gasteiger partial charge in [0.15, 0.2) is 0 Å². The van der Waals surface area contributed by atoms with Gasteiger partial charge in [0, 0.05) is 29.7 Å². The second-order valence-corrected chi connectivity index (χ2v) is 4.96. The molecule has 1 aliphatic heterocycles. The van der Waals surface area contributed by atoms with Crippen molar-refractivity contribution >= 4 is 23.2 Å². The van der Waals surface area contributed by atoms with Crippen LogP contribution in [0, 0.1) is 17.8 Å². The zero-order valence-electron chi connectivity index (χ0n) is 11.0. The monoisotopic (exact) mass is 293 g/mol. The molecule has 0 unspecified atom stereocenters. The zero-order chi connectivity index (χ0) is 14.4. The summed E-state index contributed by atoms with van der Waals surface area (Å²) in [5.41, 5.74) is 1.22. The summed E-state index contributed by atoms with van der Waals surface area (Å²) < 4.78 is 5.24. The van der Waals surface area contributed by atoms with Gasteiger partial charge in [-0.15, -0.1) is 0 Å². The number of carbonyl (C=O) groups excluding carboxylic acids is 1. The lowest BCUT2D eigenvalue weighted by atomic mass is 9.99. The molecule has 0 bridgehead atoms. The molecule has 1 aliphatic rings. The first kappa shape index (κ1) is 14.9. The molecule has 0 aliphatic carbocycles. The molecule has 1 heterocycles. The Morgan fingerprint density at radius 2 is 2.20 bits per heavy atom. The number of carbonyl (C=O) groups is 1. The molecule has 0 aromatic heterocycles. The highest BCUT2D eigenvalue weighted by atomic mass is 35.5. The average molecular weight is 294 g/mol. The van der Waals surface area contributed by atoms with Crippen molar-refractivity contribution in [1.29, 1.82) is 0 Å². The number of aliphatic hydroxyl groups excluding tert-OH is 1. The van der Waals surface area contributed by atoms with Gasteiger partial charge in [-0.05, 0) is 31.0 Å². The van der Waals surface area contributed by atoms with Crippen LogP contribution in [0.1, 0.15) is 18.4 Å². The summed E-state index contributed by atoms with van der Waals surface area (Å²) in [6.07, 6.45) is 1.45. The Bertz CT molecular complexity index is 542. The van der Waals surface area contributed by atoms with E-state index < -0.39 is 0 Å². The van der Waals surface area contributed by atoms with E-state index in [9.17, 15) is 4.79 Å². The summed E-state index contributed by atoms with van der Waals surface area (Å²) in [5.74, 6) is 5.29. The third-order valence-electron chi connectivity index (χ3n) is 3.13. The highest BCUT2D eigenvalue weighted by molar-refractivity contribution is 6.31. The van der Waals surface area contributed by atoms with Crippen LogP contribution < -0.4 is 5.32 Å². The number of amides is 1. The number of nitrogens with one attached hydrogen (secondary N) is 1. The molecule has 2 rings (SSSR count). The van der Waals surface area contributed by atoms with Crippen LogP contribution in [-0.4, -0.2) is 30.8 Å². The van der Waals surface area contributed by atoms with E-state index in [-0.39, 0.29) is 18.4 Å². The van der Waals surface area contributed by atoms with E-state index >= 15 is 0 Å². The van der Waals surface area contributed by atoms with Crippen molar-refractivity contribution in [2.45, 2.75) is 12.8 Å². The van der Waals surface area contributed by atoms with E-state index in [0.717, 1.165) is 12.8 Å². The van der Waals surface area contributed by atoms with Crippen molar-refractivity contribution in [2.24, 2.45) is 5.92 Å². The lowest BCUT2D eigenvalue weighted by Crippen LogP contribution is -2.28. The van der Waals surface area contributed by atoms with Crippen molar-refractivity contribution in [1.82, 2.24) is 0 Å². The Morgan fingerprint density at radius 1 is 1.45 bits per heavy atom. The van der Waals surface area contributed by atoms with E-state index in [2.05, 4.69) is 17.2 Å². The van der Waals surface area contributed by atoms with Gasteiger partial charge in [-0.1, -0.05) is 23.4 Å². The Kier molecular flexibility index (Phi) is 5.42. The molecule has 2 N–H and O–H groups in total. The average Bonchev–Trinajstić information content (AvgIpc) is 2.47. The third kappa shape index (κ3) is 3.97. The summed E-state index contributed by atoms with van der Waals surface area (Å²) in [6, 6.07) is 5.10. The third-order valence-corrected chi connectivity index (χ3v) is 3.37. The molecule has 0 atom stereocenters. The Labute approximate surface area is 123 Å². The second kappa shape index (κ2) is 7.30. The minimum Gasteiger partial charge on any atom is -0.384 e. The SMILES string of the molecule is O=C(Nc1cc(Cl)ccc1C#CCO)C1CCOCC1. The zero-order valence-corrected chi connectivity index (χ0v) is 11.7. The minimum absolute atomic E-state index is 0.0392. The van der Waals surface area contributed by atoms with Crippen LogP contribution in [-0.2, 0) is 9.53 Å². The Balaban J connectivity index is 2.14. The van der Waals surface area contributed by atoms with E-state index in [0.29, 0.717) is 29.5 Å². The van der Waals surface area contributed by atoms with Gasteiger partial charge in [0.2, 0.25) is 5.91 Å². The van der Waals surface area contributed by atoms with Crippen LogP contribution in [0.4, 0.5) is 5.69 Å². The molecule has 0 saturated carbocycles. The minimum atomic E-state index is -0.226. The summed E-state index contributed by atoms with van der Waals surface area (Å²) in [7, 11) is 0. The summed E-state index contributed by atoms with van der Waals surface area (Å²) in [6.45, 7) is 1.01. The Morgan fingerprint density at radius 3 is 2.90 bits per heavy atom. The van der Waals surface area contributed by atoms with E-state index in [4.69, 9.17) is 21.4 Å². The van der Waals surface area contributed by atoms with Crippen LogP contribution >= 0.6 is 11.6 Å². The van der Waals surface area contributed by atoms with Gasteiger partial charge in [-0.25, -0.2) is 0 Å². The molecule has 1 aromatic carbocycles. The van der Waals surface area contributed by atoms with Crippen LogP contribution in [0.3, 0.4) is 0 Å². The largest absolute Gasteiger partial charge is 0.384 e. The number of benzene rings is 1. The van der Waals surface area contributed by atoms with Crippen molar-refractivity contribution in [3.8, 4) is 11.8 Å². The lowest BCUT2D eigenvalue weighted by molar-refractivity contribution is -0.122. The smallest absolute Gasteiger partial charge is 0.227 e. The standard InChI is InChI=1S/C15H16ClNO3/c16-13-4-3-11(2-1-7-18)14(10-13)17-15(19)12-5-8-20-9-6-12/h3-4,10,12,18H,5-9H2,(H,17,19). The van der Waals surface area contributed by atoms with Crippen LogP contribution in [0.25, 0.3) is 0 Å². The van der Waals surface area contributed by atoms with Crippen LogP contribution in [0.2, 0.25) is 5.02 Å². The Hall–Kier alpha value is -1.54. The van der Waals surface area contributed by atoms with Crippen molar-refractivity contribution in [2.75, 3.05) is 25.1 Å². The van der Waals surface area contributed by atoms with E-state index in [1.54, 1.807) is 18.2 Å². The molecule has 4 nitrogen and oxygen atoms in total. The molecule has 1 aromatic rings. The molecular weight excluding hydrogens is 278 g/mol. The number of anilines is 1. The summed E-state index contributed by atoms with van der Waals surface area (Å²) in [5, 5.41) is 12.2. The molecule has 106 valence electrons. The number of hydrogen-bond donors (Lipinski definition) is 2. The fourth-order valence-electron chi connectivity index (χ4n) is 2.06. The fraction of sp³-hybridized carbons (Fsp3) is 0.400. The second-order valence-electron chi connectivity index (χ2n) is 4.53. The van der Waals surface area contributed by atoms with E-state index in [1.807, 2.05) is 0 Å². The lowest BCUT2D eigenvalue weighted by Gasteiger charge is -2.21. The molecule has 1 saturated heterocycles. The molecule has 1 amide bonds. The van der Waals surface area contributed by atoms with Gasteiger partial charge in [-0.2, -0.15) is 0 Å². The number of halogens is 1. The topological polar surface area (TPSA) is 58.6 Å². The quantitative estimate of drug-likeness (QED) is 0.821. The number of ether oxygens (including phenoxy) is 1. The highest BCUT2D eigenvalue weighted by Gasteiger charge is 2.22. The van der Waals surface area contributed by atoms with Gasteiger partial charge in [-0.3, -0.25) is 4.79 Å². The first-order valence-corrected chi connectivity index (χ1v) is 6.86. The first-order valence-electron chi connectivity index (χ1n) is 6.48. The predicted octanol–water partition coefficient (Wildman–Crippen LogP) is 2.05. The number of hydrogen-bond acceptors (Lipinski definition) is 3. The predicted molar refractivity (Wildman–Crippen MR) is 77.6 cm³/mol. The van der Waals surface area contributed by atoms with Crippen molar-refractivity contribution in [3.05, 3.63) is 28.8 Å². The van der Waals surface area contributed by atoms with Gasteiger partial charge in [0.25, 0.3) is 0 Å². The van der Waals surface area contributed by atoms with Crippen LogP contribution in [0.15, 0.2) is 18.2 Å². The highest BCUT2D eigenvalue weighted by Crippen LogP contribution is 2.23. The summed E-state index contributed by atoms with van der Waals surface area (Å²) in [4.78, 5) is 12.2. The fourth-order valence-corrected chi connectivity index (χ4v) is 2.23. The maximum Gasteiger partial charge on any atom is 0.227 e. The molecule has 0 radical (unpaired) electrons. The number of rotatable bonds is 2. The first-order chi connectivity index (χ1) is 9.70. The molecule has 5 heteroatoms. The van der Waals surface area contributed by atoms with E-state index in [1.165, 1.54) is 0 Å². The van der Waals surface area contributed by atoms with Gasteiger partial charge >= 0.3 is 0 Å². The molecule has 1 fully saturated rings. The molecule has 0 spiro atoms. The molecular formula is C15H16ClNO3. The van der Waals surface area contributed by atoms with Crippen molar-refractivity contribution in [3.63, 3.8) is 0 Å². The molecule has 20 heavy (non-hydrogen) atoms. The summed E-state index contributed by atoms with van der Waals surface area (Å²) >= 11 is 5.95. The van der Waals surface area contributed by atoms with Gasteiger partial charge in [0.05, 0.1) is 5.69 Å².